The summed E-state index contributed by atoms with van der Waals surface area (Å²) in [5, 5.41) is 9.55. The molecule has 1 N–H and O–H groups in total. The average molecular weight is 331 g/mol. The van der Waals surface area contributed by atoms with Gasteiger partial charge in [-0.1, -0.05) is 32.8 Å². The van der Waals surface area contributed by atoms with E-state index >= 15 is 0 Å². The van der Waals surface area contributed by atoms with E-state index in [1.54, 1.807) is 12.1 Å². The molecule has 0 amide bonds. The third-order valence-corrected chi connectivity index (χ3v) is 4.27. The van der Waals surface area contributed by atoms with Crippen molar-refractivity contribution in [3.05, 3.63) is 34.1 Å². The molecule has 4 heteroatoms. The molecule has 0 heterocycles. The Hall–Kier alpha value is -0.900. The van der Waals surface area contributed by atoms with Crippen molar-refractivity contribution in [2.45, 2.75) is 46.0 Å². The van der Waals surface area contributed by atoms with Gasteiger partial charge in [0.15, 0.2) is 0 Å². The molecule has 0 aliphatic heterocycles. The van der Waals surface area contributed by atoms with Crippen LogP contribution in [0.2, 0.25) is 0 Å². The van der Waals surface area contributed by atoms with Crippen molar-refractivity contribution in [1.29, 1.82) is 0 Å². The smallest absolute Gasteiger partial charge is 0.309 e. The van der Waals surface area contributed by atoms with Crippen LogP contribution in [0.4, 0.5) is 4.39 Å². The molecule has 19 heavy (non-hydrogen) atoms. The lowest BCUT2D eigenvalue weighted by molar-refractivity contribution is -0.149. The molecule has 0 aromatic heterocycles. The fourth-order valence-corrected chi connectivity index (χ4v) is 2.71. The number of rotatable bonds is 7. The van der Waals surface area contributed by atoms with E-state index < -0.39 is 11.4 Å². The number of benzene rings is 1. The number of carboxylic acids is 1. The van der Waals surface area contributed by atoms with Crippen LogP contribution in [0.5, 0.6) is 0 Å². The molecule has 0 aliphatic rings. The van der Waals surface area contributed by atoms with Gasteiger partial charge in [0.1, 0.15) is 5.82 Å². The first-order valence-corrected chi connectivity index (χ1v) is 7.42. The lowest BCUT2D eigenvalue weighted by Crippen LogP contribution is -2.32. The van der Waals surface area contributed by atoms with Gasteiger partial charge in [-0.3, -0.25) is 4.79 Å². The van der Waals surface area contributed by atoms with E-state index in [9.17, 15) is 14.3 Å². The quantitative estimate of drug-likeness (QED) is 0.779. The second-order valence-corrected chi connectivity index (χ2v) is 5.82. The average Bonchev–Trinajstić information content (AvgIpc) is 2.38. The molecule has 1 unspecified atom stereocenters. The number of hydrogen-bond donors (Lipinski definition) is 1. The van der Waals surface area contributed by atoms with Crippen molar-refractivity contribution < 1.29 is 14.3 Å². The normalized spacial score (nSPS) is 14.1. The summed E-state index contributed by atoms with van der Waals surface area (Å²) in [5.41, 5.74) is 0.112. The highest BCUT2D eigenvalue weighted by Crippen LogP contribution is 2.34. The van der Waals surface area contributed by atoms with E-state index in [0.29, 0.717) is 23.7 Å². The Kier molecular flexibility index (Phi) is 5.98. The maximum atomic E-state index is 13.2. The molecule has 0 spiro atoms. The van der Waals surface area contributed by atoms with Crippen molar-refractivity contribution in [3.63, 3.8) is 0 Å². The van der Waals surface area contributed by atoms with E-state index in [1.165, 1.54) is 6.07 Å². The largest absolute Gasteiger partial charge is 0.481 e. The monoisotopic (exact) mass is 330 g/mol. The highest BCUT2D eigenvalue weighted by Gasteiger charge is 2.36. The minimum absolute atomic E-state index is 0.324. The molecule has 1 atom stereocenters. The third-order valence-electron chi connectivity index (χ3n) is 3.67. The van der Waals surface area contributed by atoms with Crippen LogP contribution in [0.1, 0.15) is 45.1 Å². The molecule has 2 nitrogen and oxygen atoms in total. The van der Waals surface area contributed by atoms with E-state index in [0.717, 1.165) is 18.4 Å². The van der Waals surface area contributed by atoms with Gasteiger partial charge in [-0.15, -0.1) is 0 Å². The molecule has 1 rings (SSSR count). The molecule has 0 radical (unpaired) electrons. The molecular formula is C15H20BrFO2. The molecule has 0 saturated carbocycles. The summed E-state index contributed by atoms with van der Waals surface area (Å²) in [6.07, 6.45) is 3.55. The molecule has 1 aromatic rings. The van der Waals surface area contributed by atoms with Gasteiger partial charge in [-0.2, -0.15) is 0 Å². The molecule has 0 fully saturated rings. The number of carboxylic acid groups (broad SMARTS) is 1. The maximum absolute atomic E-state index is 13.2. The van der Waals surface area contributed by atoms with Crippen LogP contribution < -0.4 is 0 Å². The van der Waals surface area contributed by atoms with Crippen LogP contribution in [0.25, 0.3) is 0 Å². The first-order valence-electron chi connectivity index (χ1n) is 6.62. The van der Waals surface area contributed by atoms with Gasteiger partial charge in [0, 0.05) is 0 Å². The van der Waals surface area contributed by atoms with Crippen LogP contribution in [0.15, 0.2) is 22.7 Å². The van der Waals surface area contributed by atoms with Crippen molar-refractivity contribution in [2.24, 2.45) is 5.41 Å². The second kappa shape index (κ2) is 7.04. The zero-order valence-corrected chi connectivity index (χ0v) is 13.0. The lowest BCUT2D eigenvalue weighted by Gasteiger charge is -2.28. The van der Waals surface area contributed by atoms with Crippen molar-refractivity contribution in [2.75, 3.05) is 0 Å². The first-order chi connectivity index (χ1) is 8.95. The van der Waals surface area contributed by atoms with Crippen molar-refractivity contribution in [3.8, 4) is 0 Å². The van der Waals surface area contributed by atoms with Crippen molar-refractivity contribution in [1.82, 2.24) is 0 Å². The van der Waals surface area contributed by atoms with Gasteiger partial charge in [0.2, 0.25) is 0 Å². The number of halogens is 2. The predicted molar refractivity (Wildman–Crippen MR) is 77.7 cm³/mol. The maximum Gasteiger partial charge on any atom is 0.309 e. The van der Waals surface area contributed by atoms with E-state index in [1.807, 2.05) is 6.92 Å². The van der Waals surface area contributed by atoms with E-state index in [-0.39, 0.29) is 5.82 Å². The fourth-order valence-electron chi connectivity index (χ4n) is 2.28. The summed E-state index contributed by atoms with van der Waals surface area (Å²) in [6.45, 7) is 3.96. The van der Waals surface area contributed by atoms with Crippen molar-refractivity contribution >= 4 is 21.9 Å². The molecular weight excluding hydrogens is 311 g/mol. The summed E-state index contributed by atoms with van der Waals surface area (Å²) in [6, 6.07) is 4.72. The third kappa shape index (κ3) is 4.03. The van der Waals surface area contributed by atoms with Crippen LogP contribution in [-0.2, 0) is 11.2 Å². The van der Waals surface area contributed by atoms with Gasteiger partial charge in [0.25, 0.3) is 0 Å². The fraction of sp³-hybridized carbons (Fsp3) is 0.533. The lowest BCUT2D eigenvalue weighted by atomic mass is 9.75. The van der Waals surface area contributed by atoms with Crippen LogP contribution >= 0.6 is 15.9 Å². The SMILES string of the molecule is CCCCC(CC)(Cc1ccc(F)c(Br)c1)C(=O)O. The predicted octanol–water partition coefficient (Wildman–Crippen LogP) is 4.80. The highest BCUT2D eigenvalue weighted by molar-refractivity contribution is 9.10. The Bertz CT molecular complexity index is 448. The summed E-state index contributed by atoms with van der Waals surface area (Å²) >= 11 is 3.14. The molecule has 0 bridgehead atoms. The Morgan fingerprint density at radius 1 is 1.42 bits per heavy atom. The van der Waals surface area contributed by atoms with Gasteiger partial charge >= 0.3 is 5.97 Å². The van der Waals surface area contributed by atoms with Gasteiger partial charge in [-0.05, 0) is 52.9 Å². The zero-order valence-electron chi connectivity index (χ0n) is 11.4. The second-order valence-electron chi connectivity index (χ2n) is 4.97. The minimum Gasteiger partial charge on any atom is -0.481 e. The van der Waals surface area contributed by atoms with Crippen LogP contribution in [0.3, 0.4) is 0 Å². The Morgan fingerprint density at radius 3 is 2.58 bits per heavy atom. The number of carbonyl (C=O) groups is 1. The molecule has 0 saturated heterocycles. The molecule has 1 aromatic carbocycles. The summed E-state index contributed by atoms with van der Waals surface area (Å²) in [4.78, 5) is 11.6. The Morgan fingerprint density at radius 2 is 2.11 bits per heavy atom. The minimum atomic E-state index is -0.760. The van der Waals surface area contributed by atoms with E-state index in [2.05, 4.69) is 22.9 Å². The standard InChI is InChI=1S/C15H20BrFO2/c1-3-5-8-15(4-2,14(18)19)10-11-6-7-13(17)12(16)9-11/h6-7,9H,3-5,8,10H2,1-2H3,(H,18,19). The van der Waals surface area contributed by atoms with Crippen LogP contribution in [0, 0.1) is 11.2 Å². The Labute approximate surface area is 122 Å². The summed E-state index contributed by atoms with van der Waals surface area (Å²) in [5.74, 6) is -1.08. The molecule has 0 aliphatic carbocycles. The first kappa shape index (κ1) is 16.2. The Balaban J connectivity index is 2.98. The van der Waals surface area contributed by atoms with Crippen LogP contribution in [-0.4, -0.2) is 11.1 Å². The van der Waals surface area contributed by atoms with E-state index in [4.69, 9.17) is 0 Å². The number of unbranched alkanes of at least 4 members (excludes halogenated alkanes) is 1. The number of aliphatic carboxylic acids is 1. The number of hydrogen-bond acceptors (Lipinski definition) is 1. The van der Waals surface area contributed by atoms with Gasteiger partial charge in [-0.25, -0.2) is 4.39 Å². The topological polar surface area (TPSA) is 37.3 Å². The summed E-state index contributed by atoms with van der Waals surface area (Å²) in [7, 11) is 0. The highest BCUT2D eigenvalue weighted by atomic mass is 79.9. The molecule has 106 valence electrons. The zero-order chi connectivity index (χ0) is 14.5. The summed E-state index contributed by atoms with van der Waals surface area (Å²) < 4.78 is 13.6. The van der Waals surface area contributed by atoms with Gasteiger partial charge < -0.3 is 5.11 Å². The van der Waals surface area contributed by atoms with Gasteiger partial charge in [0.05, 0.1) is 9.89 Å².